The van der Waals surface area contributed by atoms with Gasteiger partial charge in [-0.2, -0.15) is 4.98 Å². The van der Waals surface area contributed by atoms with Crippen molar-refractivity contribution in [1.29, 1.82) is 0 Å². The second-order valence-corrected chi connectivity index (χ2v) is 4.73. The molecule has 2 rings (SSSR count). The van der Waals surface area contributed by atoms with Crippen LogP contribution in [0.5, 0.6) is 5.88 Å². The van der Waals surface area contributed by atoms with E-state index in [2.05, 4.69) is 10.3 Å². The third kappa shape index (κ3) is 4.28. The van der Waals surface area contributed by atoms with E-state index in [4.69, 9.17) is 15.2 Å². The number of pyridine rings is 1. The van der Waals surface area contributed by atoms with E-state index in [1.54, 1.807) is 0 Å². The minimum Gasteiger partial charge on any atom is -0.476 e. The summed E-state index contributed by atoms with van der Waals surface area (Å²) < 4.78 is 11.1. The van der Waals surface area contributed by atoms with Crippen LogP contribution in [0.4, 0.5) is 11.5 Å². The molecule has 19 heavy (non-hydrogen) atoms. The third-order valence-electron chi connectivity index (χ3n) is 3.22. The molecular formula is C14H23N3O2. The van der Waals surface area contributed by atoms with Crippen LogP contribution in [0.3, 0.4) is 0 Å². The van der Waals surface area contributed by atoms with Gasteiger partial charge in [0.1, 0.15) is 5.82 Å². The van der Waals surface area contributed by atoms with Gasteiger partial charge in [0, 0.05) is 13.2 Å². The zero-order valence-electron chi connectivity index (χ0n) is 11.5. The SMILES string of the molecule is CCOc1nc(NCCC2CCCCO2)ccc1N. The lowest BCUT2D eigenvalue weighted by molar-refractivity contribution is 0.0134. The molecule has 5 nitrogen and oxygen atoms in total. The standard InChI is InChI=1S/C14H23N3O2/c1-2-18-14-12(15)6-7-13(17-14)16-9-8-11-5-3-4-10-19-11/h6-7,11H,2-5,8-10,15H2,1H3,(H,16,17). The van der Waals surface area contributed by atoms with Crippen molar-refractivity contribution in [3.63, 3.8) is 0 Å². The number of nitrogen functional groups attached to an aromatic ring is 1. The van der Waals surface area contributed by atoms with Gasteiger partial charge >= 0.3 is 0 Å². The lowest BCUT2D eigenvalue weighted by Gasteiger charge is -2.22. The van der Waals surface area contributed by atoms with Gasteiger partial charge < -0.3 is 20.5 Å². The van der Waals surface area contributed by atoms with Crippen molar-refractivity contribution in [3.05, 3.63) is 12.1 Å². The first-order valence-electron chi connectivity index (χ1n) is 7.04. The summed E-state index contributed by atoms with van der Waals surface area (Å²) in [4.78, 5) is 4.35. The molecule has 1 aliphatic rings. The van der Waals surface area contributed by atoms with E-state index in [9.17, 15) is 0 Å². The van der Waals surface area contributed by atoms with Gasteiger partial charge in [0.05, 0.1) is 18.4 Å². The lowest BCUT2D eigenvalue weighted by Crippen LogP contribution is -2.22. The van der Waals surface area contributed by atoms with Gasteiger partial charge in [-0.3, -0.25) is 0 Å². The molecule has 106 valence electrons. The van der Waals surface area contributed by atoms with Gasteiger partial charge in [0.2, 0.25) is 5.88 Å². The zero-order chi connectivity index (χ0) is 13.5. The summed E-state index contributed by atoms with van der Waals surface area (Å²) in [5, 5.41) is 3.29. The summed E-state index contributed by atoms with van der Waals surface area (Å²) in [6.45, 7) is 4.24. The molecule has 1 aromatic rings. The lowest BCUT2D eigenvalue weighted by atomic mass is 10.1. The Hall–Kier alpha value is -1.49. The summed E-state index contributed by atoms with van der Waals surface area (Å²) in [7, 11) is 0. The van der Waals surface area contributed by atoms with E-state index in [1.807, 2.05) is 19.1 Å². The third-order valence-corrected chi connectivity index (χ3v) is 3.22. The number of ether oxygens (including phenoxy) is 2. The predicted molar refractivity (Wildman–Crippen MR) is 76.5 cm³/mol. The number of hydrogen-bond donors (Lipinski definition) is 2. The summed E-state index contributed by atoms with van der Waals surface area (Å²) in [5.74, 6) is 1.30. The second kappa shape index (κ2) is 7.19. The smallest absolute Gasteiger partial charge is 0.239 e. The number of nitrogens with two attached hydrogens (primary N) is 1. The van der Waals surface area contributed by atoms with Gasteiger partial charge in [-0.25, -0.2) is 0 Å². The number of anilines is 2. The molecule has 1 aliphatic heterocycles. The maximum absolute atomic E-state index is 5.79. The first-order valence-corrected chi connectivity index (χ1v) is 7.04. The molecule has 0 radical (unpaired) electrons. The Labute approximate surface area is 114 Å². The Bertz CT molecular complexity index is 392. The van der Waals surface area contributed by atoms with Crippen LogP contribution in [0, 0.1) is 0 Å². The molecule has 1 fully saturated rings. The summed E-state index contributed by atoms with van der Waals surface area (Å²) in [5.41, 5.74) is 6.36. The normalized spacial score (nSPS) is 19.1. The van der Waals surface area contributed by atoms with E-state index in [-0.39, 0.29) is 0 Å². The monoisotopic (exact) mass is 265 g/mol. The predicted octanol–water partition coefficient (Wildman–Crippen LogP) is 2.43. The number of hydrogen-bond acceptors (Lipinski definition) is 5. The van der Waals surface area contributed by atoms with Crippen LogP contribution >= 0.6 is 0 Å². The van der Waals surface area contributed by atoms with Crippen molar-refractivity contribution in [3.8, 4) is 5.88 Å². The summed E-state index contributed by atoms with van der Waals surface area (Å²) >= 11 is 0. The van der Waals surface area contributed by atoms with E-state index in [0.29, 0.717) is 24.3 Å². The van der Waals surface area contributed by atoms with E-state index in [1.165, 1.54) is 19.3 Å². The fraction of sp³-hybridized carbons (Fsp3) is 0.643. The molecule has 0 saturated carbocycles. The Kier molecular flexibility index (Phi) is 5.27. The molecule has 0 amide bonds. The van der Waals surface area contributed by atoms with E-state index in [0.717, 1.165) is 25.4 Å². The number of rotatable bonds is 6. The van der Waals surface area contributed by atoms with Gasteiger partial charge in [-0.1, -0.05) is 0 Å². The molecule has 3 N–H and O–H groups in total. The van der Waals surface area contributed by atoms with Crippen LogP contribution in [-0.2, 0) is 4.74 Å². The van der Waals surface area contributed by atoms with Crippen LogP contribution < -0.4 is 15.8 Å². The molecular weight excluding hydrogens is 242 g/mol. The van der Waals surface area contributed by atoms with Gasteiger partial charge in [-0.05, 0) is 44.7 Å². The number of nitrogens with zero attached hydrogens (tertiary/aromatic N) is 1. The van der Waals surface area contributed by atoms with Gasteiger partial charge in [-0.15, -0.1) is 0 Å². The van der Waals surface area contributed by atoms with Crippen molar-refractivity contribution in [2.24, 2.45) is 0 Å². The minimum atomic E-state index is 0.390. The maximum atomic E-state index is 5.79. The molecule has 2 heterocycles. The summed E-state index contributed by atoms with van der Waals surface area (Å²) in [6, 6.07) is 3.69. The molecule has 5 heteroatoms. The molecule has 0 spiro atoms. The average molecular weight is 265 g/mol. The van der Waals surface area contributed by atoms with E-state index >= 15 is 0 Å². The van der Waals surface area contributed by atoms with Crippen LogP contribution in [0.25, 0.3) is 0 Å². The molecule has 0 bridgehead atoms. The van der Waals surface area contributed by atoms with Crippen LogP contribution in [-0.4, -0.2) is 30.8 Å². The van der Waals surface area contributed by atoms with Crippen LogP contribution in [0.2, 0.25) is 0 Å². The molecule has 0 aliphatic carbocycles. The first kappa shape index (κ1) is 13.9. The maximum Gasteiger partial charge on any atom is 0.239 e. The van der Waals surface area contributed by atoms with Crippen molar-refractivity contribution in [2.45, 2.75) is 38.7 Å². The quantitative estimate of drug-likeness (QED) is 0.826. The Morgan fingerprint density at radius 3 is 3.11 bits per heavy atom. The second-order valence-electron chi connectivity index (χ2n) is 4.73. The average Bonchev–Trinajstić information content (AvgIpc) is 2.44. The van der Waals surface area contributed by atoms with E-state index < -0.39 is 0 Å². The highest BCUT2D eigenvalue weighted by atomic mass is 16.5. The Morgan fingerprint density at radius 2 is 2.37 bits per heavy atom. The topological polar surface area (TPSA) is 69.4 Å². The fourth-order valence-corrected chi connectivity index (χ4v) is 2.20. The summed E-state index contributed by atoms with van der Waals surface area (Å²) in [6.07, 6.45) is 5.04. The molecule has 0 aromatic carbocycles. The van der Waals surface area contributed by atoms with Gasteiger partial charge in [0.15, 0.2) is 0 Å². The highest BCUT2D eigenvalue weighted by Crippen LogP contribution is 2.21. The largest absolute Gasteiger partial charge is 0.476 e. The number of nitrogens with one attached hydrogen (secondary N) is 1. The zero-order valence-corrected chi connectivity index (χ0v) is 11.5. The van der Waals surface area contributed by atoms with Crippen LogP contribution in [0.15, 0.2) is 12.1 Å². The minimum absolute atomic E-state index is 0.390. The molecule has 1 aromatic heterocycles. The fourth-order valence-electron chi connectivity index (χ4n) is 2.20. The Morgan fingerprint density at radius 1 is 1.47 bits per heavy atom. The van der Waals surface area contributed by atoms with Crippen molar-refractivity contribution < 1.29 is 9.47 Å². The van der Waals surface area contributed by atoms with Crippen LogP contribution in [0.1, 0.15) is 32.6 Å². The molecule has 1 saturated heterocycles. The van der Waals surface area contributed by atoms with Gasteiger partial charge in [0.25, 0.3) is 0 Å². The highest BCUT2D eigenvalue weighted by molar-refractivity contribution is 5.53. The number of aromatic nitrogens is 1. The van der Waals surface area contributed by atoms with Crippen molar-refractivity contribution in [1.82, 2.24) is 4.98 Å². The highest BCUT2D eigenvalue weighted by Gasteiger charge is 2.13. The first-order chi connectivity index (χ1) is 9.29. The van der Waals surface area contributed by atoms with Crippen molar-refractivity contribution in [2.75, 3.05) is 30.8 Å². The molecule has 1 unspecified atom stereocenters. The molecule has 1 atom stereocenters. The Balaban J connectivity index is 1.80. The van der Waals surface area contributed by atoms with Crippen molar-refractivity contribution >= 4 is 11.5 Å².